The smallest absolute Gasteiger partial charge is 0.411 e. The first-order valence-corrected chi connectivity index (χ1v) is 6.56. The summed E-state index contributed by atoms with van der Waals surface area (Å²) in [4.78, 5) is 0. The first-order chi connectivity index (χ1) is 9.44. The van der Waals surface area contributed by atoms with Gasteiger partial charge in [0.1, 0.15) is 12.4 Å². The number of para-hydroxylation sites is 1. The van der Waals surface area contributed by atoms with Crippen molar-refractivity contribution in [2.24, 2.45) is 5.73 Å². The van der Waals surface area contributed by atoms with Gasteiger partial charge in [0.15, 0.2) is 0 Å². The molecule has 0 saturated carbocycles. The third-order valence-electron chi connectivity index (χ3n) is 2.71. The maximum Gasteiger partial charge on any atom is 0.411 e. The van der Waals surface area contributed by atoms with Crippen molar-refractivity contribution in [1.29, 1.82) is 0 Å². The molecule has 0 aliphatic rings. The van der Waals surface area contributed by atoms with E-state index in [2.05, 4.69) is 4.74 Å². The summed E-state index contributed by atoms with van der Waals surface area (Å²) in [7, 11) is 0. The van der Waals surface area contributed by atoms with Gasteiger partial charge in [0, 0.05) is 18.0 Å². The molecule has 0 fully saturated rings. The van der Waals surface area contributed by atoms with Crippen LogP contribution >= 0.6 is 0 Å². The summed E-state index contributed by atoms with van der Waals surface area (Å²) in [6.07, 6.45) is -3.10. The van der Waals surface area contributed by atoms with Crippen LogP contribution in [0.3, 0.4) is 0 Å². The minimum Gasteiger partial charge on any atom is -0.493 e. The van der Waals surface area contributed by atoms with Crippen molar-refractivity contribution >= 4 is 0 Å². The lowest BCUT2D eigenvalue weighted by Gasteiger charge is -2.15. The minimum atomic E-state index is -4.28. The van der Waals surface area contributed by atoms with Gasteiger partial charge in [-0.2, -0.15) is 13.2 Å². The molecule has 0 saturated heterocycles. The van der Waals surface area contributed by atoms with Crippen LogP contribution in [0.4, 0.5) is 13.2 Å². The topological polar surface area (TPSA) is 44.5 Å². The Morgan fingerprint density at radius 1 is 1.20 bits per heavy atom. The molecular weight excluding hydrogens is 271 g/mol. The van der Waals surface area contributed by atoms with Crippen LogP contribution in [0.15, 0.2) is 24.3 Å². The quantitative estimate of drug-likeness (QED) is 0.746. The molecule has 2 N–H and O–H groups in total. The van der Waals surface area contributed by atoms with E-state index in [1.165, 1.54) is 0 Å². The Hall–Kier alpha value is -1.27. The second-order valence-electron chi connectivity index (χ2n) is 4.42. The molecule has 0 bridgehead atoms. The summed E-state index contributed by atoms with van der Waals surface area (Å²) in [5.74, 6) is 0.678. The molecule has 0 unspecified atom stereocenters. The van der Waals surface area contributed by atoms with Crippen LogP contribution in [0.25, 0.3) is 0 Å². The summed E-state index contributed by atoms with van der Waals surface area (Å²) in [5, 5.41) is 0. The van der Waals surface area contributed by atoms with Gasteiger partial charge in [0.05, 0.1) is 13.2 Å². The highest BCUT2D eigenvalue weighted by atomic mass is 19.4. The van der Waals surface area contributed by atoms with E-state index < -0.39 is 12.8 Å². The predicted octanol–water partition coefficient (Wildman–Crippen LogP) is 3.44. The number of rotatable bonds is 8. The monoisotopic (exact) mass is 291 g/mol. The summed E-state index contributed by atoms with van der Waals surface area (Å²) in [6, 6.07) is 7.31. The zero-order valence-corrected chi connectivity index (χ0v) is 11.5. The van der Waals surface area contributed by atoms with E-state index in [4.69, 9.17) is 10.5 Å². The van der Waals surface area contributed by atoms with Crippen molar-refractivity contribution in [2.75, 3.05) is 19.8 Å². The van der Waals surface area contributed by atoms with Gasteiger partial charge in [-0.1, -0.05) is 25.1 Å². The zero-order valence-electron chi connectivity index (χ0n) is 11.5. The molecule has 0 radical (unpaired) electrons. The molecule has 1 atom stereocenters. The first-order valence-electron chi connectivity index (χ1n) is 6.56. The van der Waals surface area contributed by atoms with Gasteiger partial charge in [-0.15, -0.1) is 0 Å². The van der Waals surface area contributed by atoms with E-state index in [-0.39, 0.29) is 12.6 Å². The maximum atomic E-state index is 11.8. The molecule has 0 amide bonds. The number of halogens is 3. The summed E-state index contributed by atoms with van der Waals surface area (Å²) in [6.45, 7) is 1.07. The Bertz CT molecular complexity index is 396. The molecule has 0 heterocycles. The largest absolute Gasteiger partial charge is 0.493 e. The van der Waals surface area contributed by atoms with Crippen molar-refractivity contribution in [3.05, 3.63) is 29.8 Å². The third kappa shape index (κ3) is 6.25. The van der Waals surface area contributed by atoms with Gasteiger partial charge >= 0.3 is 6.18 Å². The van der Waals surface area contributed by atoms with E-state index in [0.717, 1.165) is 12.0 Å². The van der Waals surface area contributed by atoms with E-state index >= 15 is 0 Å². The van der Waals surface area contributed by atoms with Gasteiger partial charge in [0.25, 0.3) is 0 Å². The number of hydrogen-bond donors (Lipinski definition) is 1. The Kier molecular flexibility index (Phi) is 6.81. The van der Waals surface area contributed by atoms with Crippen LogP contribution in [0.1, 0.15) is 31.4 Å². The van der Waals surface area contributed by atoms with Crippen LogP contribution in [0.2, 0.25) is 0 Å². The molecule has 0 aromatic heterocycles. The second-order valence-corrected chi connectivity index (χ2v) is 4.42. The van der Waals surface area contributed by atoms with Crippen LogP contribution < -0.4 is 10.5 Å². The van der Waals surface area contributed by atoms with Gasteiger partial charge in [-0.05, 0) is 12.5 Å². The highest BCUT2D eigenvalue weighted by Gasteiger charge is 2.27. The molecule has 0 aliphatic carbocycles. The Balaban J connectivity index is 2.32. The van der Waals surface area contributed by atoms with Gasteiger partial charge in [-0.25, -0.2) is 0 Å². The summed E-state index contributed by atoms with van der Waals surface area (Å²) in [5.41, 5.74) is 6.87. The van der Waals surface area contributed by atoms with Gasteiger partial charge in [-0.3, -0.25) is 0 Å². The minimum absolute atomic E-state index is 0.0154. The average Bonchev–Trinajstić information content (AvgIpc) is 2.41. The second kappa shape index (κ2) is 8.11. The Morgan fingerprint density at radius 2 is 1.90 bits per heavy atom. The lowest BCUT2D eigenvalue weighted by molar-refractivity contribution is -0.174. The molecular formula is C14H20F3NO2. The van der Waals surface area contributed by atoms with E-state index in [0.29, 0.717) is 18.8 Å². The number of benzene rings is 1. The SMILES string of the molecule is CC[C@@H](N)c1ccccc1OCCCOCC(F)(F)F. The fourth-order valence-corrected chi connectivity index (χ4v) is 1.67. The van der Waals surface area contributed by atoms with Gasteiger partial charge < -0.3 is 15.2 Å². The van der Waals surface area contributed by atoms with Crippen molar-refractivity contribution in [3.8, 4) is 5.75 Å². The summed E-state index contributed by atoms with van der Waals surface area (Å²) < 4.78 is 45.6. The van der Waals surface area contributed by atoms with Crippen LogP contribution in [-0.2, 0) is 4.74 Å². The highest BCUT2D eigenvalue weighted by molar-refractivity contribution is 5.35. The number of hydrogen-bond acceptors (Lipinski definition) is 3. The van der Waals surface area contributed by atoms with E-state index in [9.17, 15) is 13.2 Å². The molecule has 6 heteroatoms. The first kappa shape index (κ1) is 16.8. The van der Waals surface area contributed by atoms with Crippen LogP contribution in [-0.4, -0.2) is 26.0 Å². The molecule has 1 aromatic rings. The Morgan fingerprint density at radius 3 is 2.55 bits per heavy atom. The molecule has 1 rings (SSSR count). The van der Waals surface area contributed by atoms with Crippen LogP contribution in [0.5, 0.6) is 5.75 Å². The van der Waals surface area contributed by atoms with E-state index in [1.807, 2.05) is 25.1 Å². The number of nitrogens with two attached hydrogens (primary N) is 1. The molecule has 0 spiro atoms. The fourth-order valence-electron chi connectivity index (χ4n) is 1.67. The molecule has 3 nitrogen and oxygen atoms in total. The number of ether oxygens (including phenoxy) is 2. The zero-order chi connectivity index (χ0) is 15.0. The maximum absolute atomic E-state index is 11.8. The molecule has 0 aliphatic heterocycles. The Labute approximate surface area is 116 Å². The van der Waals surface area contributed by atoms with Crippen molar-refractivity contribution in [2.45, 2.75) is 32.0 Å². The van der Waals surface area contributed by atoms with Crippen LogP contribution in [0, 0.1) is 0 Å². The predicted molar refractivity (Wildman–Crippen MR) is 70.6 cm³/mol. The highest BCUT2D eigenvalue weighted by Crippen LogP contribution is 2.25. The standard InChI is InChI=1S/C14H20F3NO2/c1-2-12(18)11-6-3-4-7-13(11)20-9-5-8-19-10-14(15,16)17/h3-4,6-7,12H,2,5,8-10,18H2,1H3/t12-/m1/s1. The normalized spacial score (nSPS) is 13.2. The lowest BCUT2D eigenvalue weighted by atomic mass is 10.0. The third-order valence-corrected chi connectivity index (χ3v) is 2.71. The van der Waals surface area contributed by atoms with E-state index in [1.54, 1.807) is 6.07 Å². The summed E-state index contributed by atoms with van der Waals surface area (Å²) >= 11 is 0. The van der Waals surface area contributed by atoms with Crippen molar-refractivity contribution in [1.82, 2.24) is 0 Å². The van der Waals surface area contributed by atoms with Gasteiger partial charge in [0.2, 0.25) is 0 Å². The fraction of sp³-hybridized carbons (Fsp3) is 0.571. The average molecular weight is 291 g/mol. The molecule has 1 aromatic carbocycles. The van der Waals surface area contributed by atoms with Crippen molar-refractivity contribution in [3.63, 3.8) is 0 Å². The number of alkyl halides is 3. The lowest BCUT2D eigenvalue weighted by Crippen LogP contribution is -2.18. The molecule has 114 valence electrons. The van der Waals surface area contributed by atoms with Crippen molar-refractivity contribution < 1.29 is 22.6 Å². The molecule has 20 heavy (non-hydrogen) atoms.